The third kappa shape index (κ3) is 2.50. The standard InChI is InChI=1S/C17H19N5O/c1-12-8-13-10-18-20-16(13)15(9-12)17(23)21-6-2-4-14(11-21)22-7-3-5-19-22/h3,5,7-10,14H,2,4,6,11H2,1H3,(H,18,20)/t14-/m1/s1. The summed E-state index contributed by atoms with van der Waals surface area (Å²) in [4.78, 5) is 15.0. The van der Waals surface area contributed by atoms with Crippen molar-refractivity contribution in [3.63, 3.8) is 0 Å². The molecular formula is C17H19N5O. The topological polar surface area (TPSA) is 66.8 Å². The van der Waals surface area contributed by atoms with Crippen LogP contribution in [0.2, 0.25) is 0 Å². The highest BCUT2D eigenvalue weighted by Crippen LogP contribution is 2.25. The molecule has 1 N–H and O–H groups in total. The lowest BCUT2D eigenvalue weighted by Gasteiger charge is -2.33. The quantitative estimate of drug-likeness (QED) is 0.791. The lowest BCUT2D eigenvalue weighted by molar-refractivity contribution is 0.0674. The van der Waals surface area contributed by atoms with E-state index in [0.29, 0.717) is 12.1 Å². The highest BCUT2D eigenvalue weighted by atomic mass is 16.2. The molecule has 23 heavy (non-hydrogen) atoms. The number of likely N-dealkylation sites (tertiary alicyclic amines) is 1. The monoisotopic (exact) mass is 309 g/mol. The summed E-state index contributed by atoms with van der Waals surface area (Å²) < 4.78 is 1.96. The van der Waals surface area contributed by atoms with E-state index in [9.17, 15) is 4.79 Å². The minimum Gasteiger partial charge on any atom is -0.336 e. The van der Waals surface area contributed by atoms with E-state index in [1.165, 1.54) is 0 Å². The van der Waals surface area contributed by atoms with Crippen molar-refractivity contribution in [2.24, 2.45) is 0 Å². The highest BCUT2D eigenvalue weighted by molar-refractivity contribution is 6.05. The van der Waals surface area contributed by atoms with Gasteiger partial charge in [-0.1, -0.05) is 0 Å². The fourth-order valence-electron chi connectivity index (χ4n) is 3.40. The normalized spacial score (nSPS) is 18.5. The zero-order valence-electron chi connectivity index (χ0n) is 13.1. The zero-order valence-corrected chi connectivity index (χ0v) is 13.1. The number of rotatable bonds is 2. The number of fused-ring (bicyclic) bond motifs is 1. The number of nitrogens with zero attached hydrogens (tertiary/aromatic N) is 4. The number of aromatic nitrogens is 4. The molecule has 0 spiro atoms. The first-order valence-electron chi connectivity index (χ1n) is 7.94. The van der Waals surface area contributed by atoms with E-state index in [4.69, 9.17) is 0 Å². The van der Waals surface area contributed by atoms with Crippen LogP contribution in [0.15, 0.2) is 36.8 Å². The lowest BCUT2D eigenvalue weighted by atomic mass is 10.0. The van der Waals surface area contributed by atoms with Gasteiger partial charge in [0.2, 0.25) is 0 Å². The van der Waals surface area contributed by atoms with Gasteiger partial charge in [0, 0.05) is 30.9 Å². The fraction of sp³-hybridized carbons (Fsp3) is 0.353. The number of nitrogens with one attached hydrogen (secondary N) is 1. The molecule has 1 aromatic carbocycles. The van der Waals surface area contributed by atoms with E-state index in [-0.39, 0.29) is 11.9 Å². The molecule has 3 heterocycles. The summed E-state index contributed by atoms with van der Waals surface area (Å²) in [5, 5.41) is 12.3. The van der Waals surface area contributed by atoms with Crippen molar-refractivity contribution in [3.05, 3.63) is 47.9 Å². The van der Waals surface area contributed by atoms with Gasteiger partial charge in [0.25, 0.3) is 5.91 Å². The van der Waals surface area contributed by atoms with Crippen molar-refractivity contribution in [2.75, 3.05) is 13.1 Å². The lowest BCUT2D eigenvalue weighted by Crippen LogP contribution is -2.41. The van der Waals surface area contributed by atoms with Crippen LogP contribution in [-0.2, 0) is 0 Å². The van der Waals surface area contributed by atoms with Crippen LogP contribution in [0.1, 0.15) is 34.8 Å². The average molecular weight is 309 g/mol. The van der Waals surface area contributed by atoms with Gasteiger partial charge >= 0.3 is 0 Å². The number of benzene rings is 1. The Morgan fingerprint density at radius 2 is 2.30 bits per heavy atom. The molecule has 0 bridgehead atoms. The van der Waals surface area contributed by atoms with Crippen LogP contribution in [0.4, 0.5) is 0 Å². The molecule has 0 aliphatic carbocycles. The Labute approximate surface area is 134 Å². The van der Waals surface area contributed by atoms with E-state index in [0.717, 1.165) is 35.9 Å². The molecule has 0 saturated carbocycles. The Morgan fingerprint density at radius 3 is 3.13 bits per heavy atom. The Morgan fingerprint density at radius 1 is 1.39 bits per heavy atom. The van der Waals surface area contributed by atoms with Crippen molar-refractivity contribution < 1.29 is 4.79 Å². The third-order valence-corrected chi connectivity index (χ3v) is 4.51. The van der Waals surface area contributed by atoms with Crippen molar-refractivity contribution in [2.45, 2.75) is 25.8 Å². The van der Waals surface area contributed by atoms with Crippen LogP contribution >= 0.6 is 0 Å². The summed E-state index contributed by atoms with van der Waals surface area (Å²) >= 11 is 0. The summed E-state index contributed by atoms with van der Waals surface area (Å²) in [6, 6.07) is 6.17. The molecule has 1 atom stereocenters. The van der Waals surface area contributed by atoms with Crippen LogP contribution in [-0.4, -0.2) is 43.9 Å². The second-order valence-electron chi connectivity index (χ2n) is 6.18. The van der Waals surface area contributed by atoms with Crippen LogP contribution in [0.3, 0.4) is 0 Å². The van der Waals surface area contributed by atoms with E-state index in [1.807, 2.05) is 40.9 Å². The first-order chi connectivity index (χ1) is 11.2. The molecule has 1 aliphatic rings. The first kappa shape index (κ1) is 14.0. The Bertz CT molecular complexity index is 836. The summed E-state index contributed by atoms with van der Waals surface area (Å²) in [5.74, 6) is 0.0693. The molecule has 6 heteroatoms. The van der Waals surface area contributed by atoms with Gasteiger partial charge in [-0.25, -0.2) is 0 Å². The number of hydrogen-bond acceptors (Lipinski definition) is 3. The van der Waals surface area contributed by atoms with Crippen molar-refractivity contribution in [1.82, 2.24) is 24.9 Å². The Hall–Kier alpha value is -2.63. The van der Waals surface area contributed by atoms with E-state index in [2.05, 4.69) is 15.3 Å². The molecular weight excluding hydrogens is 290 g/mol. The van der Waals surface area contributed by atoms with Crippen LogP contribution < -0.4 is 0 Å². The maximum atomic E-state index is 13.0. The van der Waals surface area contributed by atoms with E-state index in [1.54, 1.807) is 12.4 Å². The average Bonchev–Trinajstić information content (AvgIpc) is 3.24. The maximum absolute atomic E-state index is 13.0. The number of H-pyrrole nitrogens is 1. The predicted molar refractivity (Wildman–Crippen MR) is 87.2 cm³/mol. The van der Waals surface area contributed by atoms with Crippen LogP contribution in [0.5, 0.6) is 0 Å². The number of aryl methyl sites for hydroxylation is 1. The SMILES string of the molecule is Cc1cc(C(=O)N2CCC[C@@H](n3cccn3)C2)c2[nH]ncc2c1. The van der Waals surface area contributed by atoms with Gasteiger partial charge in [-0.2, -0.15) is 10.2 Å². The van der Waals surface area contributed by atoms with Crippen molar-refractivity contribution >= 4 is 16.8 Å². The third-order valence-electron chi connectivity index (χ3n) is 4.51. The largest absolute Gasteiger partial charge is 0.336 e. The molecule has 1 aliphatic heterocycles. The fourth-order valence-corrected chi connectivity index (χ4v) is 3.40. The molecule has 2 aromatic heterocycles. The molecule has 0 unspecified atom stereocenters. The second-order valence-corrected chi connectivity index (χ2v) is 6.18. The molecule has 1 fully saturated rings. The smallest absolute Gasteiger partial charge is 0.256 e. The molecule has 4 rings (SSSR count). The zero-order chi connectivity index (χ0) is 15.8. The van der Waals surface area contributed by atoms with Gasteiger partial charge in [0.1, 0.15) is 0 Å². The number of carbonyl (C=O) groups is 1. The van der Waals surface area contributed by atoms with Gasteiger partial charge in [0.05, 0.1) is 23.3 Å². The van der Waals surface area contributed by atoms with Crippen LogP contribution in [0, 0.1) is 6.92 Å². The number of amides is 1. The number of piperidine rings is 1. The molecule has 3 aromatic rings. The van der Waals surface area contributed by atoms with Crippen molar-refractivity contribution in [3.8, 4) is 0 Å². The Balaban J connectivity index is 1.64. The van der Waals surface area contributed by atoms with E-state index >= 15 is 0 Å². The minimum atomic E-state index is 0.0693. The van der Waals surface area contributed by atoms with Crippen LogP contribution in [0.25, 0.3) is 10.9 Å². The van der Waals surface area contributed by atoms with Gasteiger partial charge in [-0.3, -0.25) is 14.6 Å². The predicted octanol–water partition coefficient (Wildman–Crippen LogP) is 2.55. The molecule has 0 radical (unpaired) electrons. The second kappa shape index (κ2) is 5.53. The van der Waals surface area contributed by atoms with Gasteiger partial charge in [-0.15, -0.1) is 0 Å². The maximum Gasteiger partial charge on any atom is 0.256 e. The van der Waals surface area contributed by atoms with E-state index < -0.39 is 0 Å². The highest BCUT2D eigenvalue weighted by Gasteiger charge is 2.27. The summed E-state index contributed by atoms with van der Waals surface area (Å²) in [7, 11) is 0. The number of aromatic amines is 1. The van der Waals surface area contributed by atoms with Gasteiger partial charge in [0.15, 0.2) is 0 Å². The molecule has 118 valence electrons. The first-order valence-corrected chi connectivity index (χ1v) is 7.94. The van der Waals surface area contributed by atoms with Crippen molar-refractivity contribution in [1.29, 1.82) is 0 Å². The number of hydrogen-bond donors (Lipinski definition) is 1. The van der Waals surface area contributed by atoms with Gasteiger partial charge in [-0.05, 0) is 43.5 Å². The molecule has 6 nitrogen and oxygen atoms in total. The summed E-state index contributed by atoms with van der Waals surface area (Å²) in [5.41, 5.74) is 2.60. The Kier molecular flexibility index (Phi) is 3.37. The summed E-state index contributed by atoms with van der Waals surface area (Å²) in [6.07, 6.45) is 7.57. The minimum absolute atomic E-state index is 0.0693. The summed E-state index contributed by atoms with van der Waals surface area (Å²) in [6.45, 7) is 3.50. The molecule has 1 amide bonds. The molecule has 1 saturated heterocycles. The van der Waals surface area contributed by atoms with Gasteiger partial charge < -0.3 is 4.90 Å². The number of carbonyl (C=O) groups excluding carboxylic acids is 1.